The van der Waals surface area contributed by atoms with Gasteiger partial charge in [0.1, 0.15) is 5.75 Å². The molecule has 0 saturated carbocycles. The van der Waals surface area contributed by atoms with Crippen LogP contribution in [0.1, 0.15) is 46.5 Å². The highest BCUT2D eigenvalue weighted by atomic mass is 16.7. The fraction of sp³-hybridized carbons (Fsp3) is 0.600. The van der Waals surface area contributed by atoms with Gasteiger partial charge in [0.25, 0.3) is 0 Å². The predicted molar refractivity (Wildman–Crippen MR) is 71.2 cm³/mol. The molecule has 0 atom stereocenters. The lowest BCUT2D eigenvalue weighted by Crippen LogP contribution is -2.32. The van der Waals surface area contributed by atoms with Gasteiger partial charge in [-0.3, -0.25) is 0 Å². The Balaban J connectivity index is 2.26. The molecule has 2 nitrogen and oxygen atoms in total. The van der Waals surface area contributed by atoms with Gasteiger partial charge in [0.15, 0.2) is 0 Å². The third kappa shape index (κ3) is 6.32. The Hall–Kier alpha value is -1.02. The molecule has 0 spiro atoms. The summed E-state index contributed by atoms with van der Waals surface area (Å²) in [5.74, 6) is 0.305. The molecule has 0 radical (unpaired) electrons. The second-order valence-electron chi connectivity index (χ2n) is 4.72. The molecule has 0 aliphatic heterocycles. The largest absolute Gasteiger partial charge is 0.463 e. The summed E-state index contributed by atoms with van der Waals surface area (Å²) in [7, 11) is 0. The van der Waals surface area contributed by atoms with Crippen LogP contribution in [-0.4, -0.2) is 12.4 Å². The standard InChI is InChI=1S/C15H24O2/c1-4-5-6-10-13-16-15(2,3)17-14-11-8-7-9-12-14/h7-9,11-12H,4-6,10,13H2,1-3H3. The van der Waals surface area contributed by atoms with Crippen molar-refractivity contribution in [3.05, 3.63) is 30.3 Å². The average Bonchev–Trinajstić information content (AvgIpc) is 2.29. The number of benzene rings is 1. The first-order chi connectivity index (χ1) is 8.14. The fourth-order valence-corrected chi connectivity index (χ4v) is 1.65. The average molecular weight is 236 g/mol. The number of unbranched alkanes of at least 4 members (excludes halogenated alkanes) is 3. The summed E-state index contributed by atoms with van der Waals surface area (Å²) < 4.78 is 11.5. The van der Waals surface area contributed by atoms with E-state index in [1.807, 2.05) is 44.2 Å². The highest BCUT2D eigenvalue weighted by Gasteiger charge is 2.19. The van der Waals surface area contributed by atoms with E-state index in [-0.39, 0.29) is 0 Å². The van der Waals surface area contributed by atoms with E-state index in [9.17, 15) is 0 Å². The fourth-order valence-electron chi connectivity index (χ4n) is 1.65. The van der Waals surface area contributed by atoms with Crippen LogP contribution in [0.5, 0.6) is 5.75 Å². The van der Waals surface area contributed by atoms with Crippen molar-refractivity contribution in [2.24, 2.45) is 0 Å². The predicted octanol–water partition coefficient (Wildman–Crippen LogP) is 4.40. The van der Waals surface area contributed by atoms with Crippen molar-refractivity contribution >= 4 is 0 Å². The topological polar surface area (TPSA) is 18.5 Å². The number of hydrogen-bond donors (Lipinski definition) is 0. The molecule has 0 unspecified atom stereocenters. The molecule has 0 aromatic heterocycles. The van der Waals surface area contributed by atoms with E-state index >= 15 is 0 Å². The molecule has 0 aliphatic carbocycles. The van der Waals surface area contributed by atoms with Crippen LogP contribution in [-0.2, 0) is 4.74 Å². The van der Waals surface area contributed by atoms with Crippen molar-refractivity contribution in [3.63, 3.8) is 0 Å². The Morgan fingerprint density at radius 3 is 2.35 bits per heavy atom. The maximum Gasteiger partial charge on any atom is 0.204 e. The summed E-state index contributed by atoms with van der Waals surface area (Å²) in [6, 6.07) is 9.80. The number of rotatable bonds is 8. The molecule has 1 rings (SSSR count). The Kier molecular flexibility index (Phi) is 6.06. The molecule has 0 bridgehead atoms. The van der Waals surface area contributed by atoms with Crippen LogP contribution < -0.4 is 4.74 Å². The maximum atomic E-state index is 5.79. The summed E-state index contributed by atoms with van der Waals surface area (Å²) in [6.45, 7) is 6.89. The molecule has 1 aromatic carbocycles. The van der Waals surface area contributed by atoms with E-state index in [1.54, 1.807) is 0 Å². The molecule has 1 aromatic rings. The van der Waals surface area contributed by atoms with Crippen LogP contribution in [0.4, 0.5) is 0 Å². The summed E-state index contributed by atoms with van der Waals surface area (Å²) in [4.78, 5) is 0. The van der Waals surface area contributed by atoms with Gasteiger partial charge in [0.2, 0.25) is 5.79 Å². The van der Waals surface area contributed by atoms with E-state index in [0.717, 1.165) is 18.8 Å². The Bertz CT molecular complexity index is 293. The minimum atomic E-state index is -0.548. The lowest BCUT2D eigenvalue weighted by molar-refractivity contribution is -0.156. The minimum Gasteiger partial charge on any atom is -0.463 e. The zero-order chi connectivity index (χ0) is 12.6. The first-order valence-corrected chi connectivity index (χ1v) is 6.52. The third-order valence-corrected chi connectivity index (χ3v) is 2.55. The normalized spacial score (nSPS) is 11.5. The zero-order valence-electron chi connectivity index (χ0n) is 11.2. The molecule has 0 N–H and O–H groups in total. The van der Waals surface area contributed by atoms with Gasteiger partial charge in [-0.15, -0.1) is 0 Å². The molecule has 0 aliphatic rings. The number of hydrogen-bond acceptors (Lipinski definition) is 2. The molecule has 0 heterocycles. The van der Waals surface area contributed by atoms with Gasteiger partial charge in [-0.05, 0) is 18.6 Å². The zero-order valence-corrected chi connectivity index (χ0v) is 11.2. The molecule has 17 heavy (non-hydrogen) atoms. The van der Waals surface area contributed by atoms with Crippen LogP contribution >= 0.6 is 0 Å². The molecule has 0 fully saturated rings. The van der Waals surface area contributed by atoms with Crippen LogP contribution in [0.25, 0.3) is 0 Å². The summed E-state index contributed by atoms with van der Waals surface area (Å²) in [5.41, 5.74) is 0. The van der Waals surface area contributed by atoms with Gasteiger partial charge in [-0.25, -0.2) is 0 Å². The van der Waals surface area contributed by atoms with Crippen molar-refractivity contribution < 1.29 is 9.47 Å². The maximum absolute atomic E-state index is 5.79. The molecule has 96 valence electrons. The summed E-state index contributed by atoms with van der Waals surface area (Å²) >= 11 is 0. The Labute approximate surface area is 105 Å². The molecule has 0 amide bonds. The summed E-state index contributed by atoms with van der Waals surface area (Å²) in [6.07, 6.45) is 4.88. The van der Waals surface area contributed by atoms with Crippen LogP contribution in [0.2, 0.25) is 0 Å². The van der Waals surface area contributed by atoms with E-state index in [1.165, 1.54) is 19.3 Å². The smallest absolute Gasteiger partial charge is 0.204 e. The SMILES string of the molecule is CCCCCCOC(C)(C)Oc1ccccc1. The molecular weight excluding hydrogens is 212 g/mol. The van der Waals surface area contributed by atoms with Gasteiger partial charge in [0.05, 0.1) is 6.61 Å². The molecule has 0 saturated heterocycles. The minimum absolute atomic E-state index is 0.548. The van der Waals surface area contributed by atoms with Crippen LogP contribution in [0, 0.1) is 0 Å². The van der Waals surface area contributed by atoms with Gasteiger partial charge in [-0.1, -0.05) is 44.4 Å². The Morgan fingerprint density at radius 1 is 1.00 bits per heavy atom. The van der Waals surface area contributed by atoms with Crippen LogP contribution in [0.15, 0.2) is 30.3 Å². The van der Waals surface area contributed by atoms with Crippen molar-refractivity contribution in [2.45, 2.75) is 52.2 Å². The lowest BCUT2D eigenvalue weighted by Gasteiger charge is -2.26. The van der Waals surface area contributed by atoms with Gasteiger partial charge < -0.3 is 9.47 Å². The number of para-hydroxylation sites is 1. The highest BCUT2D eigenvalue weighted by molar-refractivity contribution is 5.21. The second kappa shape index (κ2) is 7.33. The molecular formula is C15H24O2. The third-order valence-electron chi connectivity index (χ3n) is 2.55. The monoisotopic (exact) mass is 236 g/mol. The van der Waals surface area contributed by atoms with E-state index in [0.29, 0.717) is 0 Å². The van der Waals surface area contributed by atoms with Crippen molar-refractivity contribution in [1.29, 1.82) is 0 Å². The van der Waals surface area contributed by atoms with E-state index < -0.39 is 5.79 Å². The van der Waals surface area contributed by atoms with Gasteiger partial charge >= 0.3 is 0 Å². The second-order valence-corrected chi connectivity index (χ2v) is 4.72. The van der Waals surface area contributed by atoms with Crippen LogP contribution in [0.3, 0.4) is 0 Å². The first-order valence-electron chi connectivity index (χ1n) is 6.52. The van der Waals surface area contributed by atoms with Crippen molar-refractivity contribution in [3.8, 4) is 5.75 Å². The molecule has 2 heteroatoms. The quantitative estimate of drug-likeness (QED) is 0.492. The highest BCUT2D eigenvalue weighted by Crippen LogP contribution is 2.19. The van der Waals surface area contributed by atoms with Gasteiger partial charge in [0, 0.05) is 13.8 Å². The Morgan fingerprint density at radius 2 is 1.71 bits per heavy atom. The van der Waals surface area contributed by atoms with Crippen molar-refractivity contribution in [1.82, 2.24) is 0 Å². The number of ether oxygens (including phenoxy) is 2. The van der Waals surface area contributed by atoms with E-state index in [2.05, 4.69) is 6.92 Å². The summed E-state index contributed by atoms with van der Waals surface area (Å²) in [5, 5.41) is 0. The lowest BCUT2D eigenvalue weighted by atomic mass is 10.2. The van der Waals surface area contributed by atoms with Crippen molar-refractivity contribution in [2.75, 3.05) is 6.61 Å². The van der Waals surface area contributed by atoms with Gasteiger partial charge in [-0.2, -0.15) is 0 Å². The van der Waals surface area contributed by atoms with E-state index in [4.69, 9.17) is 9.47 Å². The first kappa shape index (κ1) is 14.0.